The first-order chi connectivity index (χ1) is 36.6. The Bertz CT molecular complexity index is 1710. The Morgan fingerprint density at radius 1 is 0.507 bits per heavy atom. The third kappa shape index (κ3) is 38.1. The van der Waals surface area contributed by atoms with Gasteiger partial charge in [-0.15, -0.1) is 0 Å². The van der Waals surface area contributed by atoms with Crippen molar-refractivity contribution in [3.05, 3.63) is 59.7 Å². The highest BCUT2D eigenvalue weighted by Gasteiger charge is 2.19. The molecule has 2 aromatic carbocycles. The van der Waals surface area contributed by atoms with Gasteiger partial charge in [-0.2, -0.15) is 0 Å². The fraction of sp³-hybridized carbons (Fsp3) is 0.714. The molecular formula is C56H95BN4O14. The Morgan fingerprint density at radius 3 is 1.43 bits per heavy atom. The van der Waals surface area contributed by atoms with E-state index in [-0.39, 0.29) is 37.2 Å². The first kappa shape index (κ1) is 66.9. The zero-order valence-electron chi connectivity index (χ0n) is 45.7. The molecule has 2 aromatic rings. The number of carboxylic acids is 1. The lowest BCUT2D eigenvalue weighted by molar-refractivity contribution is -0.142. The van der Waals surface area contributed by atoms with Gasteiger partial charge in [-0.3, -0.25) is 14.4 Å². The number of amides is 3. The molecule has 6 N–H and O–H groups in total. The van der Waals surface area contributed by atoms with Crippen LogP contribution < -0.4 is 26.3 Å². The monoisotopic (exact) mass is 1060 g/mol. The van der Waals surface area contributed by atoms with Gasteiger partial charge in [0.15, 0.2) is 0 Å². The molecule has 0 aliphatic rings. The minimum Gasteiger partial charge on any atom is -0.480 e. The number of carbonyl (C=O) groups is 4. The zero-order valence-corrected chi connectivity index (χ0v) is 45.7. The largest absolute Gasteiger partial charge is 0.488 e. The van der Waals surface area contributed by atoms with Crippen molar-refractivity contribution >= 4 is 42.0 Å². The lowest BCUT2D eigenvalue weighted by atomic mass is 9.80. The average Bonchev–Trinajstić information content (AvgIpc) is 3.40. The molecule has 0 fully saturated rings. The predicted molar refractivity (Wildman–Crippen MR) is 293 cm³/mol. The average molecular weight is 1060 g/mol. The first-order valence-corrected chi connectivity index (χ1v) is 28.0. The highest BCUT2D eigenvalue weighted by Crippen LogP contribution is 2.17. The van der Waals surface area contributed by atoms with E-state index in [9.17, 15) is 34.3 Å². The normalized spacial score (nSPS) is 11.6. The molecule has 426 valence electrons. The maximum atomic E-state index is 12.5. The van der Waals surface area contributed by atoms with Gasteiger partial charge in [-0.1, -0.05) is 121 Å². The Balaban J connectivity index is 1.28. The van der Waals surface area contributed by atoms with E-state index >= 15 is 0 Å². The Labute approximate surface area is 449 Å². The summed E-state index contributed by atoms with van der Waals surface area (Å²) in [7, 11) is 0.460. The zero-order chi connectivity index (χ0) is 54.2. The molecule has 0 aromatic heterocycles. The number of hydrogen-bond acceptors (Lipinski definition) is 14. The summed E-state index contributed by atoms with van der Waals surface area (Å²) in [5.74, 6) is -1.61. The van der Waals surface area contributed by atoms with E-state index in [2.05, 4.69) is 22.9 Å². The van der Waals surface area contributed by atoms with Crippen LogP contribution in [-0.2, 0) is 54.1 Å². The summed E-state index contributed by atoms with van der Waals surface area (Å²) in [4.78, 5) is 50.8. The molecule has 3 amide bonds. The van der Waals surface area contributed by atoms with Crippen molar-refractivity contribution in [2.45, 2.75) is 148 Å². The lowest BCUT2D eigenvalue weighted by Crippen LogP contribution is -2.41. The number of rotatable bonds is 52. The molecule has 0 spiro atoms. The Kier molecular flexibility index (Phi) is 42.0. The molecule has 19 heteroatoms. The van der Waals surface area contributed by atoms with E-state index in [0.29, 0.717) is 136 Å². The minimum absolute atomic E-state index is 0.0426. The highest BCUT2D eigenvalue weighted by molar-refractivity contribution is 6.58. The van der Waals surface area contributed by atoms with Crippen molar-refractivity contribution in [1.29, 1.82) is 0 Å². The summed E-state index contributed by atoms with van der Waals surface area (Å²) in [6.07, 6.45) is 21.4. The van der Waals surface area contributed by atoms with Crippen LogP contribution in [0.15, 0.2) is 48.5 Å². The summed E-state index contributed by atoms with van der Waals surface area (Å²) < 4.78 is 38.6. The molecular weight excluding hydrogens is 963 g/mol. The number of unbranched alkanes of at least 4 members (excludes halogenated alkanes) is 15. The molecule has 2 rings (SSSR count). The standard InChI is InChI=1S/C56H95BN4O14/c1-3-4-5-6-7-8-9-10-11-12-13-14-15-16-17-21-53(62)58-31-19-18-20-52(56(65)66)60-54(63)30-33-69-35-37-71-39-41-73-43-45-75-46-44-74-42-40-72-38-36-70-34-32-59-55(64)49-24-28-51(29-25-49)61(2)47-48-22-26-50(27-23-48)57(67)68/h22-29,52,67-68H,3-21,30-47H2,1-2H3,(H,58,62)(H,59,64)(H,60,63)(H,65,66)/t52-/m0/s1. The van der Waals surface area contributed by atoms with Crippen LogP contribution >= 0.6 is 0 Å². The fourth-order valence-corrected chi connectivity index (χ4v) is 7.92. The molecule has 1 atom stereocenters. The second-order valence-electron chi connectivity index (χ2n) is 18.8. The summed E-state index contributed by atoms with van der Waals surface area (Å²) in [5.41, 5.74) is 2.95. The molecule has 0 heterocycles. The number of ether oxygens (including phenoxy) is 7. The van der Waals surface area contributed by atoms with E-state index in [4.69, 9.17) is 33.2 Å². The quantitative estimate of drug-likeness (QED) is 0.0313. The van der Waals surface area contributed by atoms with Crippen LogP contribution in [-0.4, -0.2) is 165 Å². The van der Waals surface area contributed by atoms with Crippen molar-refractivity contribution in [3.63, 3.8) is 0 Å². The van der Waals surface area contributed by atoms with Crippen LogP contribution in [0.2, 0.25) is 0 Å². The summed E-state index contributed by atoms with van der Waals surface area (Å²) >= 11 is 0. The Morgan fingerprint density at radius 2 is 0.960 bits per heavy atom. The van der Waals surface area contributed by atoms with Crippen LogP contribution in [0.3, 0.4) is 0 Å². The second kappa shape index (κ2) is 47.1. The van der Waals surface area contributed by atoms with Crippen LogP contribution in [0.5, 0.6) is 0 Å². The molecule has 75 heavy (non-hydrogen) atoms. The number of benzene rings is 2. The number of nitrogens with one attached hydrogen (secondary N) is 3. The van der Waals surface area contributed by atoms with Gasteiger partial charge in [0.1, 0.15) is 6.04 Å². The maximum Gasteiger partial charge on any atom is 0.488 e. The van der Waals surface area contributed by atoms with Crippen molar-refractivity contribution in [2.24, 2.45) is 0 Å². The van der Waals surface area contributed by atoms with Gasteiger partial charge >= 0.3 is 13.1 Å². The van der Waals surface area contributed by atoms with Crippen LogP contribution in [0.1, 0.15) is 151 Å². The Hall–Kier alpha value is -4.18. The van der Waals surface area contributed by atoms with Gasteiger partial charge in [0.25, 0.3) is 5.91 Å². The molecule has 0 unspecified atom stereocenters. The van der Waals surface area contributed by atoms with Gasteiger partial charge in [0, 0.05) is 50.8 Å². The van der Waals surface area contributed by atoms with Crippen LogP contribution in [0.25, 0.3) is 0 Å². The smallest absolute Gasteiger partial charge is 0.480 e. The van der Waals surface area contributed by atoms with Crippen molar-refractivity contribution < 1.29 is 67.5 Å². The molecule has 0 aliphatic carbocycles. The minimum atomic E-state index is -1.49. The number of carboxylic acid groups (broad SMARTS) is 1. The van der Waals surface area contributed by atoms with Gasteiger partial charge < -0.3 is 69.2 Å². The van der Waals surface area contributed by atoms with Gasteiger partial charge in [-0.25, -0.2) is 4.79 Å². The second-order valence-corrected chi connectivity index (χ2v) is 18.8. The third-order valence-electron chi connectivity index (χ3n) is 12.4. The van der Waals surface area contributed by atoms with Crippen molar-refractivity contribution in [2.75, 3.05) is 118 Å². The number of aliphatic carboxylic acids is 1. The number of nitrogens with zero attached hydrogens (tertiary/aromatic N) is 1. The van der Waals surface area contributed by atoms with Crippen LogP contribution in [0.4, 0.5) is 5.69 Å². The summed E-state index contributed by atoms with van der Waals surface area (Å²) in [6.45, 7) is 9.01. The first-order valence-electron chi connectivity index (χ1n) is 28.0. The number of hydrogen-bond donors (Lipinski definition) is 6. The lowest BCUT2D eigenvalue weighted by Gasteiger charge is -2.20. The van der Waals surface area contributed by atoms with E-state index < -0.39 is 19.1 Å². The molecule has 0 bridgehead atoms. The van der Waals surface area contributed by atoms with Crippen molar-refractivity contribution in [3.8, 4) is 0 Å². The predicted octanol–water partition coefficient (Wildman–Crippen LogP) is 6.36. The molecule has 0 saturated heterocycles. The van der Waals surface area contributed by atoms with E-state index in [1.165, 1.54) is 83.5 Å². The fourth-order valence-electron chi connectivity index (χ4n) is 7.92. The summed E-state index contributed by atoms with van der Waals surface area (Å²) in [6, 6.07) is 13.4. The van der Waals surface area contributed by atoms with Gasteiger partial charge in [-0.05, 0) is 61.0 Å². The van der Waals surface area contributed by atoms with E-state index in [1.54, 1.807) is 24.3 Å². The maximum absolute atomic E-state index is 12.5. The number of carbonyl (C=O) groups excluding carboxylic acids is 3. The SMILES string of the molecule is CCCCCCCCCCCCCCCCCC(=O)NCCCC[C@H](NC(=O)CCOCCOCCOCCOCCOCCOCCOCCNC(=O)c1ccc(N(C)Cc2ccc(B(O)O)cc2)cc1)C(=O)O. The van der Waals surface area contributed by atoms with Crippen molar-refractivity contribution in [1.82, 2.24) is 16.0 Å². The molecule has 0 aliphatic heterocycles. The van der Waals surface area contributed by atoms with Gasteiger partial charge in [0.2, 0.25) is 11.8 Å². The van der Waals surface area contributed by atoms with Crippen LogP contribution in [0, 0.1) is 0 Å². The molecule has 18 nitrogen and oxygen atoms in total. The summed E-state index contributed by atoms with van der Waals surface area (Å²) in [5, 5.41) is 36.5. The van der Waals surface area contributed by atoms with Gasteiger partial charge in [0.05, 0.1) is 92.5 Å². The third-order valence-corrected chi connectivity index (χ3v) is 12.4. The molecule has 0 radical (unpaired) electrons. The molecule has 0 saturated carbocycles. The van der Waals surface area contributed by atoms with E-state index in [0.717, 1.165) is 24.1 Å². The highest BCUT2D eigenvalue weighted by atomic mass is 16.6. The number of anilines is 1. The topological polar surface area (TPSA) is 233 Å². The van der Waals surface area contributed by atoms with E-state index in [1.807, 2.05) is 36.2 Å².